The molecular formula is C79H154O17P2. The summed E-state index contributed by atoms with van der Waals surface area (Å²) in [4.78, 5) is 72.8. The minimum Gasteiger partial charge on any atom is -0.462 e. The van der Waals surface area contributed by atoms with Gasteiger partial charge in [-0.05, 0) is 37.5 Å². The Kier molecular flexibility index (Phi) is 69.3. The Balaban J connectivity index is 5.18. The van der Waals surface area contributed by atoms with Gasteiger partial charge in [-0.15, -0.1) is 0 Å². The first kappa shape index (κ1) is 96.1. The summed E-state index contributed by atoms with van der Waals surface area (Å²) < 4.78 is 68.5. The van der Waals surface area contributed by atoms with Crippen LogP contribution in [0.5, 0.6) is 0 Å². The van der Waals surface area contributed by atoms with Crippen molar-refractivity contribution < 1.29 is 80.2 Å². The van der Waals surface area contributed by atoms with Crippen molar-refractivity contribution in [3.8, 4) is 0 Å². The van der Waals surface area contributed by atoms with E-state index in [9.17, 15) is 43.2 Å². The third-order valence-electron chi connectivity index (χ3n) is 18.5. The lowest BCUT2D eigenvalue weighted by atomic mass is 10.0. The van der Waals surface area contributed by atoms with Crippen molar-refractivity contribution in [2.75, 3.05) is 39.6 Å². The lowest BCUT2D eigenvalue weighted by molar-refractivity contribution is -0.161. The van der Waals surface area contributed by atoms with Crippen molar-refractivity contribution in [3.05, 3.63) is 0 Å². The van der Waals surface area contributed by atoms with Gasteiger partial charge in [-0.25, -0.2) is 9.13 Å². The maximum absolute atomic E-state index is 13.1. The van der Waals surface area contributed by atoms with Gasteiger partial charge in [-0.2, -0.15) is 0 Å². The van der Waals surface area contributed by atoms with Crippen molar-refractivity contribution in [1.82, 2.24) is 0 Å². The van der Waals surface area contributed by atoms with E-state index in [-0.39, 0.29) is 25.7 Å². The van der Waals surface area contributed by atoms with Crippen LogP contribution in [0.25, 0.3) is 0 Å². The molecule has 98 heavy (non-hydrogen) atoms. The molecule has 19 heteroatoms. The monoisotopic (exact) mass is 1440 g/mol. The van der Waals surface area contributed by atoms with Gasteiger partial charge in [0.15, 0.2) is 12.2 Å². The molecule has 0 aromatic rings. The standard InChI is InChI=1S/C79H154O17P2/c1-7-9-11-13-15-17-18-33-39-45-51-57-63-78(83)95-74(67-89-76(81)61-55-49-43-16-14-12-10-8-2)69-93-97(85,86)91-65-73(80)66-92-98(87,88)94-70-75(68-90-77(82)62-56-50-44-38-34-29-26-25-28-32-37-42-48-54-60-72(5)6)96-79(84)64-58-52-46-40-35-30-24-22-20-19-21-23-27-31-36-41-47-53-59-71(3)4/h71-75,80H,7-70H2,1-6H3,(H,85,86)(H,87,88)/t73-,74+,75+/m0/s1. The van der Waals surface area contributed by atoms with Crippen LogP contribution in [-0.4, -0.2) is 96.7 Å². The van der Waals surface area contributed by atoms with Gasteiger partial charge in [-0.3, -0.25) is 37.3 Å². The van der Waals surface area contributed by atoms with Crippen LogP contribution in [0.1, 0.15) is 414 Å². The van der Waals surface area contributed by atoms with Crippen LogP contribution in [-0.2, 0) is 65.4 Å². The van der Waals surface area contributed by atoms with E-state index in [1.165, 1.54) is 225 Å². The highest BCUT2D eigenvalue weighted by Gasteiger charge is 2.30. The van der Waals surface area contributed by atoms with Crippen molar-refractivity contribution in [2.45, 2.75) is 432 Å². The van der Waals surface area contributed by atoms with E-state index in [0.717, 1.165) is 108 Å². The second-order valence-electron chi connectivity index (χ2n) is 29.4. The molecule has 0 heterocycles. The van der Waals surface area contributed by atoms with E-state index < -0.39 is 97.5 Å². The molecule has 17 nitrogen and oxygen atoms in total. The number of phosphoric ester groups is 2. The van der Waals surface area contributed by atoms with E-state index >= 15 is 0 Å². The molecule has 0 bridgehead atoms. The summed E-state index contributed by atoms with van der Waals surface area (Å²) in [5.41, 5.74) is 0. The second kappa shape index (κ2) is 70.7. The molecule has 0 aliphatic rings. The molecule has 0 saturated heterocycles. The Morgan fingerprint density at radius 2 is 0.469 bits per heavy atom. The van der Waals surface area contributed by atoms with Crippen LogP contribution >= 0.6 is 15.6 Å². The van der Waals surface area contributed by atoms with Crippen molar-refractivity contribution in [1.29, 1.82) is 0 Å². The average Bonchev–Trinajstić information content (AvgIpc) is 1.11. The Morgan fingerprint density at radius 3 is 0.694 bits per heavy atom. The summed E-state index contributed by atoms with van der Waals surface area (Å²) in [6, 6.07) is 0. The number of carbonyl (C=O) groups is 4. The van der Waals surface area contributed by atoms with Crippen molar-refractivity contribution in [2.24, 2.45) is 11.8 Å². The number of hydrogen-bond acceptors (Lipinski definition) is 15. The zero-order valence-corrected chi connectivity index (χ0v) is 65.9. The molecule has 0 aromatic carbocycles. The number of ether oxygens (including phenoxy) is 4. The molecule has 0 aliphatic heterocycles. The molecule has 3 N–H and O–H groups in total. The van der Waals surface area contributed by atoms with E-state index in [4.69, 9.17) is 37.0 Å². The first-order valence-electron chi connectivity index (χ1n) is 41.0. The normalized spacial score (nSPS) is 13.9. The molecule has 0 fully saturated rings. The number of aliphatic hydroxyl groups excluding tert-OH is 1. The fraction of sp³-hybridized carbons (Fsp3) is 0.949. The summed E-state index contributed by atoms with van der Waals surface area (Å²) in [5.74, 6) is -0.494. The lowest BCUT2D eigenvalue weighted by Gasteiger charge is -2.21. The van der Waals surface area contributed by atoms with E-state index in [0.29, 0.717) is 25.7 Å². The van der Waals surface area contributed by atoms with Gasteiger partial charge in [0.25, 0.3) is 0 Å². The molecule has 582 valence electrons. The summed E-state index contributed by atoms with van der Waals surface area (Å²) >= 11 is 0. The quantitative estimate of drug-likeness (QED) is 0.0222. The third-order valence-corrected chi connectivity index (χ3v) is 20.4. The molecule has 0 aromatic heterocycles. The Bertz CT molecular complexity index is 1890. The number of esters is 4. The number of carbonyl (C=O) groups excluding carboxylic acids is 4. The van der Waals surface area contributed by atoms with Gasteiger partial charge in [-0.1, -0.05) is 363 Å². The van der Waals surface area contributed by atoms with Gasteiger partial charge in [0.2, 0.25) is 0 Å². The highest BCUT2D eigenvalue weighted by molar-refractivity contribution is 7.47. The fourth-order valence-corrected chi connectivity index (χ4v) is 13.8. The van der Waals surface area contributed by atoms with Gasteiger partial charge in [0, 0.05) is 25.7 Å². The van der Waals surface area contributed by atoms with Crippen LogP contribution in [0.2, 0.25) is 0 Å². The lowest BCUT2D eigenvalue weighted by Crippen LogP contribution is -2.30. The first-order chi connectivity index (χ1) is 47.4. The molecule has 0 spiro atoms. The van der Waals surface area contributed by atoms with Crippen LogP contribution in [0.3, 0.4) is 0 Å². The predicted octanol–water partition coefficient (Wildman–Crippen LogP) is 23.5. The fourth-order valence-electron chi connectivity index (χ4n) is 12.2. The molecule has 5 atom stereocenters. The first-order valence-corrected chi connectivity index (χ1v) is 44.0. The second-order valence-corrected chi connectivity index (χ2v) is 32.3. The summed E-state index contributed by atoms with van der Waals surface area (Å²) in [7, 11) is -9.91. The number of phosphoric acid groups is 2. The van der Waals surface area contributed by atoms with Crippen molar-refractivity contribution >= 4 is 39.5 Å². The maximum atomic E-state index is 13.1. The average molecular weight is 1440 g/mol. The zero-order chi connectivity index (χ0) is 72.1. The smallest absolute Gasteiger partial charge is 0.462 e. The van der Waals surface area contributed by atoms with Crippen LogP contribution in [0, 0.1) is 11.8 Å². The molecule has 0 aliphatic carbocycles. The minimum atomic E-state index is -4.96. The summed E-state index contributed by atoms with van der Waals surface area (Å²) in [6.07, 6.45) is 59.7. The van der Waals surface area contributed by atoms with Crippen LogP contribution < -0.4 is 0 Å². The molecular weight excluding hydrogens is 1280 g/mol. The largest absolute Gasteiger partial charge is 0.472 e. The predicted molar refractivity (Wildman–Crippen MR) is 400 cm³/mol. The number of aliphatic hydroxyl groups is 1. The van der Waals surface area contributed by atoms with Gasteiger partial charge < -0.3 is 33.8 Å². The minimum absolute atomic E-state index is 0.107. The van der Waals surface area contributed by atoms with Gasteiger partial charge >= 0.3 is 39.5 Å². The Hall–Kier alpha value is -1.94. The van der Waals surface area contributed by atoms with E-state index in [1.807, 2.05) is 0 Å². The number of rotatable bonds is 78. The molecule has 0 amide bonds. The van der Waals surface area contributed by atoms with E-state index in [1.54, 1.807) is 0 Å². The third kappa shape index (κ3) is 72.4. The highest BCUT2D eigenvalue weighted by atomic mass is 31.2. The number of unbranched alkanes of at least 4 members (excludes halogenated alkanes) is 48. The van der Waals surface area contributed by atoms with Crippen LogP contribution in [0.4, 0.5) is 0 Å². The maximum Gasteiger partial charge on any atom is 0.472 e. The molecule has 0 rings (SSSR count). The van der Waals surface area contributed by atoms with Crippen molar-refractivity contribution in [3.63, 3.8) is 0 Å². The van der Waals surface area contributed by atoms with Gasteiger partial charge in [0.1, 0.15) is 19.3 Å². The zero-order valence-electron chi connectivity index (χ0n) is 64.1. The van der Waals surface area contributed by atoms with E-state index in [2.05, 4.69) is 41.5 Å². The number of hydrogen-bond donors (Lipinski definition) is 3. The summed E-state index contributed by atoms with van der Waals surface area (Å²) in [5, 5.41) is 10.6. The molecule has 0 saturated carbocycles. The Labute approximate surface area is 600 Å². The van der Waals surface area contributed by atoms with Crippen LogP contribution in [0.15, 0.2) is 0 Å². The molecule has 0 radical (unpaired) electrons. The summed E-state index contributed by atoms with van der Waals surface area (Å²) in [6.45, 7) is 9.65. The highest BCUT2D eigenvalue weighted by Crippen LogP contribution is 2.45. The molecule has 2 unspecified atom stereocenters. The topological polar surface area (TPSA) is 237 Å². The van der Waals surface area contributed by atoms with Gasteiger partial charge in [0.05, 0.1) is 26.4 Å². The Morgan fingerprint density at radius 1 is 0.276 bits per heavy atom. The SMILES string of the molecule is CCCCCCCCCCCCCCC(=O)O[C@H](COC(=O)CCCCCCCCCC)COP(=O)(O)OC[C@H](O)COP(=O)(O)OC[C@@H](COC(=O)CCCCCCCCCCCCCCCCC(C)C)OC(=O)CCCCCCCCCCCCCCCCCCCCC(C)C.